The van der Waals surface area contributed by atoms with Crippen LogP contribution in [0.15, 0.2) is 24.4 Å². The van der Waals surface area contributed by atoms with Crippen molar-refractivity contribution in [3.63, 3.8) is 0 Å². The molecule has 1 heterocycles. The Kier molecular flexibility index (Phi) is 1.49. The van der Waals surface area contributed by atoms with Gasteiger partial charge < -0.3 is 10.1 Å². The van der Waals surface area contributed by atoms with Crippen LogP contribution in [0.2, 0.25) is 0 Å². The third-order valence-electron chi connectivity index (χ3n) is 3.05. The number of rotatable bonds is 0. The van der Waals surface area contributed by atoms with E-state index >= 15 is 0 Å². The SMILES string of the molecule is N#CC1(O)Cc2cccc3[nH]cc(c23)C1. The summed E-state index contributed by atoms with van der Waals surface area (Å²) in [5.74, 6) is 0. The van der Waals surface area contributed by atoms with E-state index in [-0.39, 0.29) is 0 Å². The Balaban J connectivity index is 2.30. The number of benzene rings is 1. The summed E-state index contributed by atoms with van der Waals surface area (Å²) in [6.07, 6.45) is 2.72. The molecule has 74 valence electrons. The van der Waals surface area contributed by atoms with E-state index in [2.05, 4.69) is 4.98 Å². The maximum atomic E-state index is 10.0. The van der Waals surface area contributed by atoms with Gasteiger partial charge in [-0.3, -0.25) is 0 Å². The van der Waals surface area contributed by atoms with E-state index in [0.29, 0.717) is 12.8 Å². The van der Waals surface area contributed by atoms with Gasteiger partial charge in [0.2, 0.25) is 0 Å². The van der Waals surface area contributed by atoms with Gasteiger partial charge in [-0.05, 0) is 17.2 Å². The highest BCUT2D eigenvalue weighted by Crippen LogP contribution is 2.33. The molecule has 1 atom stereocenters. The van der Waals surface area contributed by atoms with E-state index in [1.807, 2.05) is 30.5 Å². The Hall–Kier alpha value is -1.79. The lowest BCUT2D eigenvalue weighted by Gasteiger charge is -2.25. The molecule has 0 aliphatic heterocycles. The van der Waals surface area contributed by atoms with Gasteiger partial charge in [0.15, 0.2) is 5.60 Å². The van der Waals surface area contributed by atoms with Crippen molar-refractivity contribution in [2.75, 3.05) is 0 Å². The molecule has 1 unspecified atom stereocenters. The van der Waals surface area contributed by atoms with Crippen LogP contribution in [0.5, 0.6) is 0 Å². The highest BCUT2D eigenvalue weighted by Gasteiger charge is 2.33. The minimum Gasteiger partial charge on any atom is -0.375 e. The second-order valence-corrected chi connectivity index (χ2v) is 4.15. The Bertz CT molecular complexity index is 579. The fourth-order valence-electron chi connectivity index (χ4n) is 2.40. The van der Waals surface area contributed by atoms with Crippen molar-refractivity contribution in [3.8, 4) is 6.07 Å². The summed E-state index contributed by atoms with van der Waals surface area (Å²) in [7, 11) is 0. The van der Waals surface area contributed by atoms with Gasteiger partial charge >= 0.3 is 0 Å². The van der Waals surface area contributed by atoms with Crippen molar-refractivity contribution in [3.05, 3.63) is 35.5 Å². The maximum Gasteiger partial charge on any atom is 0.159 e. The van der Waals surface area contributed by atoms with Crippen LogP contribution in [0.4, 0.5) is 0 Å². The average Bonchev–Trinajstić information content (AvgIpc) is 2.63. The smallest absolute Gasteiger partial charge is 0.159 e. The lowest BCUT2D eigenvalue weighted by Crippen LogP contribution is -2.34. The zero-order chi connectivity index (χ0) is 10.5. The van der Waals surface area contributed by atoms with Gasteiger partial charge in [-0.25, -0.2) is 0 Å². The molecule has 3 nitrogen and oxygen atoms in total. The van der Waals surface area contributed by atoms with E-state index in [4.69, 9.17) is 5.26 Å². The molecule has 0 radical (unpaired) electrons. The van der Waals surface area contributed by atoms with E-state index in [1.54, 1.807) is 0 Å². The first-order valence-corrected chi connectivity index (χ1v) is 4.93. The minimum atomic E-state index is -1.23. The van der Waals surface area contributed by atoms with E-state index in [0.717, 1.165) is 16.6 Å². The molecule has 3 rings (SSSR count). The van der Waals surface area contributed by atoms with Crippen LogP contribution >= 0.6 is 0 Å². The van der Waals surface area contributed by atoms with Crippen LogP contribution in [-0.4, -0.2) is 15.7 Å². The number of nitriles is 1. The fourth-order valence-corrected chi connectivity index (χ4v) is 2.40. The normalized spacial score (nSPS) is 24.0. The third kappa shape index (κ3) is 1.09. The quantitative estimate of drug-likeness (QED) is 0.630. The molecule has 3 heteroatoms. The highest BCUT2D eigenvalue weighted by atomic mass is 16.3. The van der Waals surface area contributed by atoms with Gasteiger partial charge in [0.1, 0.15) is 0 Å². The number of hydrogen-bond acceptors (Lipinski definition) is 2. The first-order chi connectivity index (χ1) is 7.22. The Morgan fingerprint density at radius 1 is 1.33 bits per heavy atom. The zero-order valence-corrected chi connectivity index (χ0v) is 8.12. The molecule has 0 spiro atoms. The van der Waals surface area contributed by atoms with Gasteiger partial charge in [0.05, 0.1) is 6.07 Å². The van der Waals surface area contributed by atoms with E-state index in [1.165, 1.54) is 5.39 Å². The van der Waals surface area contributed by atoms with Gasteiger partial charge in [-0.2, -0.15) is 5.26 Å². The van der Waals surface area contributed by atoms with Crippen LogP contribution in [0.3, 0.4) is 0 Å². The zero-order valence-electron chi connectivity index (χ0n) is 8.12. The predicted octanol–water partition coefficient (Wildman–Crippen LogP) is 1.52. The molecule has 2 N–H and O–H groups in total. The summed E-state index contributed by atoms with van der Waals surface area (Å²) in [6, 6.07) is 7.93. The number of H-pyrrole nitrogens is 1. The first kappa shape index (κ1) is 8.51. The highest BCUT2D eigenvalue weighted by molar-refractivity contribution is 5.88. The molecular weight excluding hydrogens is 188 g/mol. The van der Waals surface area contributed by atoms with Crippen molar-refractivity contribution >= 4 is 10.9 Å². The monoisotopic (exact) mass is 198 g/mol. The van der Waals surface area contributed by atoms with Crippen LogP contribution in [0.25, 0.3) is 10.9 Å². The number of aromatic amines is 1. The summed E-state index contributed by atoms with van der Waals surface area (Å²) in [5.41, 5.74) is 1.95. The summed E-state index contributed by atoms with van der Waals surface area (Å²) in [4.78, 5) is 3.16. The molecule has 0 bridgehead atoms. The van der Waals surface area contributed by atoms with Gasteiger partial charge in [0, 0.05) is 29.9 Å². The van der Waals surface area contributed by atoms with E-state index in [9.17, 15) is 5.11 Å². The summed E-state index contributed by atoms with van der Waals surface area (Å²) < 4.78 is 0. The van der Waals surface area contributed by atoms with Crippen molar-refractivity contribution in [1.82, 2.24) is 4.98 Å². The maximum absolute atomic E-state index is 10.0. The molecule has 0 saturated heterocycles. The lowest BCUT2D eigenvalue weighted by molar-refractivity contribution is 0.0981. The van der Waals surface area contributed by atoms with Crippen molar-refractivity contribution in [1.29, 1.82) is 5.26 Å². The fraction of sp³-hybridized carbons (Fsp3) is 0.250. The Labute approximate surface area is 87.0 Å². The molecule has 15 heavy (non-hydrogen) atoms. The van der Waals surface area contributed by atoms with Gasteiger partial charge in [0.25, 0.3) is 0 Å². The molecule has 0 fully saturated rings. The summed E-state index contributed by atoms with van der Waals surface area (Å²) >= 11 is 0. The van der Waals surface area contributed by atoms with Crippen molar-refractivity contribution in [2.24, 2.45) is 0 Å². The predicted molar refractivity (Wildman–Crippen MR) is 56.3 cm³/mol. The second kappa shape index (κ2) is 2.62. The summed E-state index contributed by atoms with van der Waals surface area (Å²) in [6.45, 7) is 0. The summed E-state index contributed by atoms with van der Waals surface area (Å²) in [5, 5.41) is 20.2. The van der Waals surface area contributed by atoms with Gasteiger partial charge in [-0.15, -0.1) is 0 Å². The topological polar surface area (TPSA) is 59.8 Å². The minimum absolute atomic E-state index is 0.417. The molecule has 1 aliphatic rings. The van der Waals surface area contributed by atoms with Crippen LogP contribution in [0, 0.1) is 11.3 Å². The Morgan fingerprint density at radius 2 is 2.13 bits per heavy atom. The largest absolute Gasteiger partial charge is 0.375 e. The van der Waals surface area contributed by atoms with E-state index < -0.39 is 5.60 Å². The number of nitrogens with one attached hydrogen (secondary N) is 1. The lowest BCUT2D eigenvalue weighted by atomic mass is 9.82. The van der Waals surface area contributed by atoms with Crippen LogP contribution in [0.1, 0.15) is 11.1 Å². The molecular formula is C12H10N2O. The van der Waals surface area contributed by atoms with Crippen molar-refractivity contribution in [2.45, 2.75) is 18.4 Å². The average molecular weight is 198 g/mol. The molecule has 0 amide bonds. The molecule has 1 aliphatic carbocycles. The molecule has 1 aromatic heterocycles. The standard InChI is InChI=1S/C12H10N2O/c13-7-12(15)4-8-2-1-3-10-11(8)9(5-12)6-14-10/h1-3,6,14-15H,4-5H2. The van der Waals surface area contributed by atoms with Crippen molar-refractivity contribution < 1.29 is 5.11 Å². The number of nitrogens with zero attached hydrogens (tertiary/aromatic N) is 1. The van der Waals surface area contributed by atoms with Crippen LogP contribution < -0.4 is 0 Å². The van der Waals surface area contributed by atoms with Crippen LogP contribution in [-0.2, 0) is 12.8 Å². The Morgan fingerprint density at radius 3 is 2.93 bits per heavy atom. The molecule has 1 aromatic carbocycles. The van der Waals surface area contributed by atoms with Gasteiger partial charge in [-0.1, -0.05) is 12.1 Å². The second-order valence-electron chi connectivity index (χ2n) is 4.15. The first-order valence-electron chi connectivity index (χ1n) is 4.93. The number of aliphatic hydroxyl groups is 1. The number of hydrogen-bond donors (Lipinski definition) is 2. The molecule has 0 saturated carbocycles. The third-order valence-corrected chi connectivity index (χ3v) is 3.05. The molecule has 2 aromatic rings. The number of aromatic nitrogens is 1.